The van der Waals surface area contributed by atoms with Gasteiger partial charge in [-0.25, -0.2) is 0 Å². The predicted octanol–water partition coefficient (Wildman–Crippen LogP) is 2.39. The summed E-state index contributed by atoms with van der Waals surface area (Å²) < 4.78 is 8.29. The van der Waals surface area contributed by atoms with Gasteiger partial charge in [0.25, 0.3) is 11.1 Å². The van der Waals surface area contributed by atoms with Crippen LogP contribution in [0.25, 0.3) is 0 Å². The van der Waals surface area contributed by atoms with E-state index in [1.165, 1.54) is 32.7 Å². The van der Waals surface area contributed by atoms with Gasteiger partial charge in [-0.1, -0.05) is 35.7 Å². The number of ether oxygens (including phenoxy) is 1. The summed E-state index contributed by atoms with van der Waals surface area (Å²) in [6.45, 7) is 0.946. The van der Waals surface area contributed by atoms with Crippen molar-refractivity contribution >= 4 is 23.5 Å². The van der Waals surface area contributed by atoms with Gasteiger partial charge in [0.05, 0.1) is 24.2 Å². The van der Waals surface area contributed by atoms with E-state index >= 15 is 0 Å². The predicted molar refractivity (Wildman–Crippen MR) is 125 cm³/mol. The van der Waals surface area contributed by atoms with Crippen LogP contribution in [0.2, 0.25) is 0 Å². The first-order chi connectivity index (χ1) is 16.0. The van der Waals surface area contributed by atoms with E-state index < -0.39 is 28.8 Å². The van der Waals surface area contributed by atoms with Gasteiger partial charge in [-0.2, -0.15) is 9.97 Å². The van der Waals surface area contributed by atoms with Gasteiger partial charge in [0, 0.05) is 24.6 Å². The van der Waals surface area contributed by atoms with E-state index in [0.29, 0.717) is 34.7 Å². The van der Waals surface area contributed by atoms with Crippen LogP contribution in [0.15, 0.2) is 44.2 Å². The highest BCUT2D eigenvalue weighted by Crippen LogP contribution is 2.38. The molecule has 0 atom stereocenters. The third kappa shape index (κ3) is 3.78. The number of rotatable bonds is 4. The van der Waals surface area contributed by atoms with Gasteiger partial charge in [0.15, 0.2) is 10.3 Å². The average molecular weight is 487 g/mol. The summed E-state index contributed by atoms with van der Waals surface area (Å²) in [7, 11) is 1.54. The van der Waals surface area contributed by atoms with Crippen molar-refractivity contribution < 1.29 is 14.9 Å². The molecule has 4 heterocycles. The van der Waals surface area contributed by atoms with Crippen molar-refractivity contribution in [2.45, 2.75) is 42.2 Å². The largest absolute Gasteiger partial charge is 0.497 e. The molecule has 2 aliphatic heterocycles. The van der Waals surface area contributed by atoms with Crippen LogP contribution >= 0.6 is 23.5 Å². The van der Waals surface area contributed by atoms with Crippen LogP contribution in [0.1, 0.15) is 35.4 Å². The Labute approximate surface area is 197 Å². The van der Waals surface area contributed by atoms with E-state index in [9.17, 15) is 19.8 Å². The van der Waals surface area contributed by atoms with Gasteiger partial charge in [-0.15, -0.1) is 0 Å². The third-order valence-corrected chi connectivity index (χ3v) is 7.96. The molecule has 2 N–H and O–H groups in total. The Bertz CT molecular complexity index is 1260. The number of hydrogen-bond donors (Lipinski definition) is 2. The zero-order valence-corrected chi connectivity index (χ0v) is 19.5. The molecule has 1 aromatic carbocycles. The number of hydrogen-bond acceptors (Lipinski definition) is 9. The molecule has 0 saturated carbocycles. The quantitative estimate of drug-likeness (QED) is 0.536. The molecule has 0 aliphatic carbocycles. The second kappa shape index (κ2) is 8.79. The van der Waals surface area contributed by atoms with Crippen LogP contribution in [0, 0.1) is 0 Å². The molecular formula is C22H22N4O5S2. The molecule has 2 aromatic heterocycles. The number of nitrogens with zero attached hydrogens (tertiary/aromatic N) is 4. The van der Waals surface area contributed by atoms with Gasteiger partial charge in [0.2, 0.25) is 11.8 Å². The third-order valence-electron chi connectivity index (χ3n) is 5.84. The van der Waals surface area contributed by atoms with Crippen LogP contribution in [-0.2, 0) is 13.1 Å². The van der Waals surface area contributed by atoms with Crippen molar-refractivity contribution in [3.8, 4) is 17.5 Å². The minimum atomic E-state index is -1.05. The molecule has 0 radical (unpaired) electrons. The highest BCUT2D eigenvalue weighted by Gasteiger charge is 2.34. The smallest absolute Gasteiger partial charge is 0.262 e. The van der Waals surface area contributed by atoms with Crippen LogP contribution < -0.4 is 15.9 Å². The molecule has 33 heavy (non-hydrogen) atoms. The Morgan fingerprint density at radius 2 is 1.36 bits per heavy atom. The fraction of sp³-hybridized carbons (Fsp3) is 0.364. The topological polar surface area (TPSA) is 119 Å². The number of methoxy groups -OCH3 is 1. The van der Waals surface area contributed by atoms with Crippen LogP contribution in [0.4, 0.5) is 0 Å². The first-order valence-electron chi connectivity index (χ1n) is 10.6. The summed E-state index contributed by atoms with van der Waals surface area (Å²) in [5, 5.41) is 22.7. The molecule has 2 aliphatic rings. The highest BCUT2D eigenvalue weighted by molar-refractivity contribution is 7.99. The van der Waals surface area contributed by atoms with Crippen LogP contribution in [-0.4, -0.2) is 47.9 Å². The highest BCUT2D eigenvalue weighted by atomic mass is 32.2. The van der Waals surface area contributed by atoms with Crippen LogP contribution in [0.5, 0.6) is 17.5 Å². The first kappa shape index (κ1) is 21.9. The summed E-state index contributed by atoms with van der Waals surface area (Å²) in [6.07, 6.45) is 1.59. The number of benzene rings is 1. The van der Waals surface area contributed by atoms with Crippen molar-refractivity contribution in [3.05, 3.63) is 61.7 Å². The zero-order chi connectivity index (χ0) is 23.1. The lowest BCUT2D eigenvalue weighted by Crippen LogP contribution is -2.35. The molecule has 0 amide bonds. The van der Waals surface area contributed by atoms with E-state index in [2.05, 4.69) is 9.97 Å². The van der Waals surface area contributed by atoms with E-state index in [0.717, 1.165) is 24.3 Å². The maximum Gasteiger partial charge on any atom is 0.262 e. The van der Waals surface area contributed by atoms with Gasteiger partial charge in [-0.3, -0.25) is 18.7 Å². The molecule has 172 valence electrons. The summed E-state index contributed by atoms with van der Waals surface area (Å²) in [5.41, 5.74) is -0.427. The fourth-order valence-corrected chi connectivity index (χ4v) is 6.12. The second-order valence-corrected chi connectivity index (χ2v) is 9.91. The Balaban J connectivity index is 1.80. The molecular weight excluding hydrogens is 464 g/mol. The zero-order valence-electron chi connectivity index (χ0n) is 17.9. The van der Waals surface area contributed by atoms with Gasteiger partial charge in [0.1, 0.15) is 5.75 Å². The minimum Gasteiger partial charge on any atom is -0.497 e. The fourth-order valence-electron chi connectivity index (χ4n) is 4.24. The molecule has 0 bridgehead atoms. The SMILES string of the molecule is COc1ccc(C(c2c(O)nc3n(c2=O)CCCS3)c2c(O)nc3n(c2=O)CCCS3)cc1. The Morgan fingerprint density at radius 1 is 0.879 bits per heavy atom. The Morgan fingerprint density at radius 3 is 1.82 bits per heavy atom. The van der Waals surface area contributed by atoms with Gasteiger partial charge in [-0.05, 0) is 30.5 Å². The normalized spacial score (nSPS) is 15.2. The molecule has 0 saturated heterocycles. The lowest BCUT2D eigenvalue weighted by molar-refractivity contribution is 0.406. The second-order valence-electron chi connectivity index (χ2n) is 7.79. The monoisotopic (exact) mass is 486 g/mol. The number of aromatic hydroxyl groups is 2. The Kier molecular flexibility index (Phi) is 5.83. The van der Waals surface area contributed by atoms with E-state index in [4.69, 9.17) is 4.74 Å². The van der Waals surface area contributed by atoms with E-state index in [1.54, 1.807) is 31.4 Å². The summed E-state index contributed by atoms with van der Waals surface area (Å²) in [4.78, 5) is 35.7. The Hall–Kier alpha value is -2.92. The van der Waals surface area contributed by atoms with Gasteiger partial charge < -0.3 is 14.9 Å². The number of fused-ring (bicyclic) bond motifs is 2. The molecule has 3 aromatic rings. The maximum absolute atomic E-state index is 13.6. The van der Waals surface area contributed by atoms with Crippen molar-refractivity contribution in [1.82, 2.24) is 19.1 Å². The minimum absolute atomic E-state index is 0.0513. The number of thioether (sulfide) groups is 2. The summed E-state index contributed by atoms with van der Waals surface area (Å²) in [6, 6.07) is 6.82. The molecule has 0 unspecified atom stereocenters. The molecule has 5 rings (SSSR count). The molecule has 9 nitrogen and oxygen atoms in total. The van der Waals surface area contributed by atoms with Gasteiger partial charge >= 0.3 is 0 Å². The van der Waals surface area contributed by atoms with Crippen molar-refractivity contribution in [1.29, 1.82) is 0 Å². The molecule has 0 fully saturated rings. The van der Waals surface area contributed by atoms with Crippen LogP contribution in [0.3, 0.4) is 0 Å². The summed E-state index contributed by atoms with van der Waals surface area (Å²) in [5.74, 6) is 0.267. The molecule has 0 spiro atoms. The van der Waals surface area contributed by atoms with E-state index in [-0.39, 0.29) is 11.1 Å². The first-order valence-corrected chi connectivity index (χ1v) is 12.5. The lowest BCUT2D eigenvalue weighted by Gasteiger charge is -2.24. The number of aromatic nitrogens is 4. The summed E-state index contributed by atoms with van der Waals surface area (Å²) >= 11 is 2.81. The van der Waals surface area contributed by atoms with Crippen molar-refractivity contribution in [3.63, 3.8) is 0 Å². The maximum atomic E-state index is 13.6. The lowest BCUT2D eigenvalue weighted by atomic mass is 9.86. The van der Waals surface area contributed by atoms with E-state index in [1.807, 2.05) is 0 Å². The average Bonchev–Trinajstić information content (AvgIpc) is 2.83. The standard InChI is InChI=1S/C22H22N4O5S2/c1-31-13-6-4-12(5-7-13)14(15-17(27)23-21-25(19(15)29)8-2-10-32-21)16-18(28)24-22-26(20(16)30)9-3-11-33-22/h4-7,14,27-28H,2-3,8-11H2,1H3. The van der Waals surface area contributed by atoms with Crippen molar-refractivity contribution in [2.75, 3.05) is 18.6 Å². The van der Waals surface area contributed by atoms with Crippen molar-refractivity contribution in [2.24, 2.45) is 0 Å². The molecule has 11 heteroatoms.